The zero-order chi connectivity index (χ0) is 31.1. The van der Waals surface area contributed by atoms with Gasteiger partial charge >= 0.3 is 0 Å². The number of rotatable bonds is 13. The lowest BCUT2D eigenvalue weighted by Gasteiger charge is -2.25. The fraction of sp³-hybridized carbons (Fsp3) is 0.515. The van der Waals surface area contributed by atoms with Crippen LogP contribution >= 0.6 is 0 Å². The summed E-state index contributed by atoms with van der Waals surface area (Å²) in [6.45, 7) is 7.40. The quantitative estimate of drug-likeness (QED) is 0.209. The van der Waals surface area contributed by atoms with Gasteiger partial charge in [0.05, 0.1) is 46.7 Å². The molecular weight excluding hydrogens is 534 g/mol. The molecule has 1 aromatic heterocycles. The predicted octanol–water partition coefficient (Wildman–Crippen LogP) is 6.63. The predicted molar refractivity (Wildman–Crippen MR) is 166 cm³/mol. The number of hydrogen-bond acceptors (Lipinski definition) is 7. The molecule has 1 heterocycles. The highest BCUT2D eigenvalue weighted by Gasteiger charge is 2.30. The maximum absolute atomic E-state index is 14.0. The largest absolute Gasteiger partial charge is 0.497 e. The summed E-state index contributed by atoms with van der Waals surface area (Å²) in [6, 6.07) is 13.4. The molecule has 9 nitrogen and oxygen atoms in total. The van der Waals surface area contributed by atoms with Gasteiger partial charge in [0.1, 0.15) is 17.2 Å². The van der Waals surface area contributed by atoms with Gasteiger partial charge in [0.25, 0.3) is 5.91 Å². The molecule has 1 saturated carbocycles. The van der Waals surface area contributed by atoms with E-state index in [2.05, 4.69) is 16.8 Å². The number of methoxy groups -OCH3 is 4. The zero-order valence-corrected chi connectivity index (χ0v) is 26.9. The van der Waals surface area contributed by atoms with E-state index >= 15 is 0 Å². The van der Waals surface area contributed by atoms with E-state index < -0.39 is 0 Å². The molecule has 4 rings (SSSR count). The lowest BCUT2D eigenvalue weighted by atomic mass is 10.1. The lowest BCUT2D eigenvalue weighted by Crippen LogP contribution is -2.32. The number of carbonyl (C=O) groups excluding carboxylic acids is 1. The maximum Gasteiger partial charge on any atom is 0.272 e. The van der Waals surface area contributed by atoms with Crippen LogP contribution in [0.2, 0.25) is 0 Å². The molecule has 232 valence electrons. The van der Waals surface area contributed by atoms with Crippen molar-refractivity contribution in [1.82, 2.24) is 14.7 Å². The number of ether oxygens (including phenoxy) is 5. The Balaban J connectivity index is 0.00000116. The lowest BCUT2D eigenvalue weighted by molar-refractivity contribution is 0.0716. The molecule has 3 aromatic rings. The van der Waals surface area contributed by atoms with E-state index in [1.54, 1.807) is 45.1 Å². The second-order valence-corrected chi connectivity index (χ2v) is 9.75. The molecule has 42 heavy (non-hydrogen) atoms. The summed E-state index contributed by atoms with van der Waals surface area (Å²) >= 11 is 0. The summed E-state index contributed by atoms with van der Waals surface area (Å²) in [5.74, 6) is 3.02. The molecule has 1 aliphatic rings. The Hall–Kier alpha value is -3.72. The molecule has 1 amide bonds. The third-order valence-corrected chi connectivity index (χ3v) is 6.64. The number of para-hydroxylation sites is 1. The van der Waals surface area contributed by atoms with Crippen molar-refractivity contribution < 1.29 is 28.5 Å². The summed E-state index contributed by atoms with van der Waals surface area (Å²) in [6.07, 6.45) is 4.25. The van der Waals surface area contributed by atoms with Gasteiger partial charge < -0.3 is 28.6 Å². The van der Waals surface area contributed by atoms with Gasteiger partial charge in [0.15, 0.2) is 11.5 Å². The highest BCUT2D eigenvalue weighted by atomic mass is 16.5. The summed E-state index contributed by atoms with van der Waals surface area (Å²) in [5.41, 5.74) is 3.28. The molecule has 0 atom stereocenters. The van der Waals surface area contributed by atoms with Crippen molar-refractivity contribution in [1.29, 1.82) is 0 Å². The number of unbranched alkanes of at least 4 members (excludes halogenated alkanes) is 1. The minimum Gasteiger partial charge on any atom is -0.497 e. The highest BCUT2D eigenvalue weighted by Crippen LogP contribution is 2.39. The van der Waals surface area contributed by atoms with Crippen molar-refractivity contribution in [2.45, 2.75) is 65.5 Å². The Kier molecular flexibility index (Phi) is 14.7. The number of aryl methyl sites for hydroxylation is 1. The van der Waals surface area contributed by atoms with Crippen LogP contribution in [0.4, 0.5) is 0 Å². The van der Waals surface area contributed by atoms with Crippen LogP contribution in [0.25, 0.3) is 0 Å². The molecule has 0 N–H and O–H groups in total. The van der Waals surface area contributed by atoms with Gasteiger partial charge in [-0.3, -0.25) is 9.48 Å². The van der Waals surface area contributed by atoms with Gasteiger partial charge in [0, 0.05) is 44.4 Å². The minimum atomic E-state index is -0.112. The third-order valence-electron chi connectivity index (χ3n) is 6.64. The number of aromatic nitrogens is 2. The van der Waals surface area contributed by atoms with Crippen LogP contribution in [0.15, 0.2) is 42.5 Å². The molecule has 0 unspecified atom stereocenters. The summed E-state index contributed by atoms with van der Waals surface area (Å²) < 4.78 is 28.7. The van der Waals surface area contributed by atoms with Crippen LogP contribution in [0, 0.1) is 0 Å². The molecule has 1 aliphatic carbocycles. The van der Waals surface area contributed by atoms with Gasteiger partial charge in [0.2, 0.25) is 0 Å². The molecule has 1 fully saturated rings. The second kappa shape index (κ2) is 18.0. The van der Waals surface area contributed by atoms with Gasteiger partial charge in [-0.05, 0) is 43.5 Å². The van der Waals surface area contributed by atoms with E-state index in [1.807, 2.05) is 63.4 Å². The van der Waals surface area contributed by atoms with Crippen molar-refractivity contribution in [3.63, 3.8) is 0 Å². The molecule has 0 aliphatic heterocycles. The molecule has 2 aromatic carbocycles. The third kappa shape index (κ3) is 9.41. The fourth-order valence-corrected chi connectivity index (χ4v) is 4.38. The maximum atomic E-state index is 14.0. The number of nitrogens with zero attached hydrogens (tertiary/aromatic N) is 3. The van der Waals surface area contributed by atoms with Crippen molar-refractivity contribution in [3.8, 4) is 23.0 Å². The zero-order valence-electron chi connectivity index (χ0n) is 26.9. The second-order valence-electron chi connectivity index (χ2n) is 9.75. The average molecular weight is 584 g/mol. The minimum absolute atomic E-state index is 0.112. The van der Waals surface area contributed by atoms with Gasteiger partial charge in [-0.15, -0.1) is 0 Å². The first kappa shape index (κ1) is 34.5. The van der Waals surface area contributed by atoms with Gasteiger partial charge in [-0.2, -0.15) is 5.10 Å². The van der Waals surface area contributed by atoms with Crippen LogP contribution in [0.1, 0.15) is 79.7 Å². The Morgan fingerprint density at radius 2 is 1.62 bits per heavy atom. The smallest absolute Gasteiger partial charge is 0.272 e. The van der Waals surface area contributed by atoms with Crippen LogP contribution in [0.3, 0.4) is 0 Å². The standard InChI is InChI=1S/C29H37N3O5.C2H6O.C2H6/c1-6-7-15-37-26-10-8-9-22(28(26)36-5)19-32(18-21-13-14-23(34-3)16-27(21)35-4)29(33)25-17-24(20-11-12-20)30-31(25)2;1-3-2;1-2/h8-10,13-14,16-17,20H,6-7,11-12,15,18-19H2,1-5H3;1-2H3;1-2H3. The van der Waals surface area contributed by atoms with E-state index in [0.717, 1.165) is 42.5 Å². The Labute approximate surface area is 251 Å². The molecule has 0 bridgehead atoms. The van der Waals surface area contributed by atoms with Crippen LogP contribution in [0.5, 0.6) is 23.0 Å². The Morgan fingerprint density at radius 1 is 0.929 bits per heavy atom. The van der Waals surface area contributed by atoms with Crippen molar-refractivity contribution in [2.24, 2.45) is 7.05 Å². The van der Waals surface area contributed by atoms with Crippen molar-refractivity contribution >= 4 is 5.91 Å². The number of hydrogen-bond donors (Lipinski definition) is 0. The first-order chi connectivity index (χ1) is 20.4. The van der Waals surface area contributed by atoms with Gasteiger partial charge in [-0.25, -0.2) is 0 Å². The summed E-state index contributed by atoms with van der Waals surface area (Å²) in [7, 11) is 9.95. The SMILES string of the molecule is CC.CCCCOc1cccc(CN(Cc2ccc(OC)cc2OC)C(=O)c2cc(C3CC3)nn2C)c1OC.COC. The average Bonchev–Trinajstić information content (AvgIpc) is 3.79. The van der Waals surface area contributed by atoms with Crippen LogP contribution in [-0.4, -0.2) is 62.7 Å². The summed E-state index contributed by atoms with van der Waals surface area (Å²) in [4.78, 5) is 15.8. The van der Waals surface area contributed by atoms with E-state index in [0.29, 0.717) is 54.3 Å². The van der Waals surface area contributed by atoms with Gasteiger partial charge in [-0.1, -0.05) is 39.3 Å². The normalized spacial score (nSPS) is 11.8. The van der Waals surface area contributed by atoms with Crippen LogP contribution in [-0.2, 0) is 24.9 Å². The first-order valence-electron chi connectivity index (χ1n) is 14.6. The van der Waals surface area contributed by atoms with Crippen molar-refractivity contribution in [2.75, 3.05) is 42.2 Å². The topological polar surface area (TPSA) is 84.3 Å². The Bertz CT molecular complexity index is 1240. The molecule has 0 radical (unpaired) electrons. The van der Waals surface area contributed by atoms with Crippen LogP contribution < -0.4 is 18.9 Å². The number of benzene rings is 2. The first-order valence-corrected chi connectivity index (χ1v) is 14.6. The Morgan fingerprint density at radius 3 is 2.21 bits per heavy atom. The van der Waals surface area contributed by atoms with E-state index in [-0.39, 0.29) is 5.91 Å². The summed E-state index contributed by atoms with van der Waals surface area (Å²) in [5, 5.41) is 4.62. The molecule has 9 heteroatoms. The monoisotopic (exact) mass is 583 g/mol. The van der Waals surface area contributed by atoms with E-state index in [9.17, 15) is 4.79 Å². The fourth-order valence-electron chi connectivity index (χ4n) is 4.38. The van der Waals surface area contributed by atoms with Crippen molar-refractivity contribution in [3.05, 3.63) is 65.0 Å². The molecule has 0 saturated heterocycles. The number of carbonyl (C=O) groups is 1. The molecular formula is C33H49N3O6. The van der Waals surface area contributed by atoms with E-state index in [1.165, 1.54) is 0 Å². The van der Waals surface area contributed by atoms with E-state index in [4.69, 9.17) is 18.9 Å². The highest BCUT2D eigenvalue weighted by molar-refractivity contribution is 5.92. The molecule has 0 spiro atoms. The number of amides is 1.